The highest BCUT2D eigenvalue weighted by atomic mass is 16.5. The molecule has 116 valence electrons. The molecular formula is C20H25NO. The topological polar surface area (TPSA) is 21.3 Å². The van der Waals surface area contributed by atoms with Crippen LogP contribution >= 0.6 is 0 Å². The van der Waals surface area contributed by atoms with Crippen molar-refractivity contribution in [3.05, 3.63) is 71.8 Å². The average Bonchev–Trinajstić information content (AvgIpc) is 2.59. The molecular weight excluding hydrogens is 270 g/mol. The third-order valence-corrected chi connectivity index (χ3v) is 4.49. The van der Waals surface area contributed by atoms with Gasteiger partial charge in [-0.2, -0.15) is 0 Å². The van der Waals surface area contributed by atoms with Gasteiger partial charge in [0.05, 0.1) is 12.7 Å². The summed E-state index contributed by atoms with van der Waals surface area (Å²) in [6, 6.07) is 22.0. The lowest BCUT2D eigenvalue weighted by molar-refractivity contribution is -0.0109. The summed E-state index contributed by atoms with van der Waals surface area (Å²) in [4.78, 5) is 0. The second-order valence-corrected chi connectivity index (χ2v) is 6.00. The summed E-state index contributed by atoms with van der Waals surface area (Å²) in [5, 5.41) is 3.50. The predicted octanol–water partition coefficient (Wildman–Crippen LogP) is 3.98. The number of rotatable bonds is 5. The average molecular weight is 295 g/mol. The Labute approximate surface area is 133 Å². The van der Waals surface area contributed by atoms with Crippen molar-refractivity contribution in [3.8, 4) is 0 Å². The number of hydrogen-bond donors (Lipinski definition) is 1. The standard InChI is InChI=1S/C20H25NO/c1-2-21-18-13-14-19(22-15-18)20(16-9-5-3-6-10-16)17-11-7-4-8-12-17/h3-12,18-21H,2,13-15H2,1H3. The van der Waals surface area contributed by atoms with Crippen LogP contribution in [0.25, 0.3) is 0 Å². The van der Waals surface area contributed by atoms with E-state index in [0.717, 1.165) is 19.6 Å². The first kappa shape index (κ1) is 15.3. The van der Waals surface area contributed by atoms with Crippen molar-refractivity contribution in [3.63, 3.8) is 0 Å². The van der Waals surface area contributed by atoms with E-state index in [-0.39, 0.29) is 6.10 Å². The van der Waals surface area contributed by atoms with E-state index in [2.05, 4.69) is 72.9 Å². The maximum absolute atomic E-state index is 6.25. The van der Waals surface area contributed by atoms with Crippen LogP contribution in [-0.2, 0) is 4.74 Å². The van der Waals surface area contributed by atoms with Gasteiger partial charge in [-0.05, 0) is 30.5 Å². The largest absolute Gasteiger partial charge is 0.376 e. The van der Waals surface area contributed by atoms with Crippen molar-refractivity contribution >= 4 is 0 Å². The third kappa shape index (κ3) is 3.57. The second-order valence-electron chi connectivity index (χ2n) is 6.00. The minimum atomic E-state index is 0.264. The third-order valence-electron chi connectivity index (χ3n) is 4.49. The normalized spacial score (nSPS) is 21.9. The molecule has 2 nitrogen and oxygen atoms in total. The molecule has 2 heteroatoms. The summed E-state index contributed by atoms with van der Waals surface area (Å²) >= 11 is 0. The zero-order valence-corrected chi connectivity index (χ0v) is 13.2. The molecule has 2 atom stereocenters. The highest BCUT2D eigenvalue weighted by molar-refractivity contribution is 5.34. The maximum Gasteiger partial charge on any atom is 0.0685 e. The Bertz CT molecular complexity index is 507. The summed E-state index contributed by atoms with van der Waals surface area (Å²) in [6.45, 7) is 3.98. The van der Waals surface area contributed by atoms with Gasteiger partial charge in [0, 0.05) is 12.0 Å². The molecule has 2 unspecified atom stereocenters. The zero-order chi connectivity index (χ0) is 15.2. The van der Waals surface area contributed by atoms with Gasteiger partial charge in [0.2, 0.25) is 0 Å². The fourth-order valence-electron chi connectivity index (χ4n) is 3.43. The molecule has 0 amide bonds. The van der Waals surface area contributed by atoms with E-state index >= 15 is 0 Å². The molecule has 0 spiro atoms. The lowest BCUT2D eigenvalue weighted by atomic mass is 9.83. The number of benzene rings is 2. The first-order valence-corrected chi connectivity index (χ1v) is 8.33. The molecule has 0 saturated carbocycles. The Morgan fingerprint density at radius 3 is 2.00 bits per heavy atom. The molecule has 1 saturated heterocycles. The minimum Gasteiger partial charge on any atom is -0.376 e. The molecule has 0 aliphatic carbocycles. The second kappa shape index (κ2) is 7.57. The zero-order valence-electron chi connectivity index (χ0n) is 13.2. The minimum absolute atomic E-state index is 0.264. The maximum atomic E-state index is 6.25. The molecule has 1 heterocycles. The Morgan fingerprint density at radius 1 is 0.955 bits per heavy atom. The monoisotopic (exact) mass is 295 g/mol. The highest BCUT2D eigenvalue weighted by Gasteiger charge is 2.30. The van der Waals surface area contributed by atoms with Crippen LogP contribution in [-0.4, -0.2) is 25.3 Å². The van der Waals surface area contributed by atoms with Gasteiger partial charge in [0.15, 0.2) is 0 Å². The molecule has 1 N–H and O–H groups in total. The van der Waals surface area contributed by atoms with E-state index in [0.29, 0.717) is 12.0 Å². The summed E-state index contributed by atoms with van der Waals surface area (Å²) < 4.78 is 6.25. The van der Waals surface area contributed by atoms with E-state index in [9.17, 15) is 0 Å². The van der Waals surface area contributed by atoms with E-state index in [1.807, 2.05) is 0 Å². The van der Waals surface area contributed by atoms with Gasteiger partial charge in [-0.1, -0.05) is 67.6 Å². The van der Waals surface area contributed by atoms with Crippen molar-refractivity contribution in [1.29, 1.82) is 0 Å². The summed E-state index contributed by atoms with van der Waals surface area (Å²) in [5.41, 5.74) is 2.70. The Balaban J connectivity index is 1.81. The first-order chi connectivity index (χ1) is 10.9. The van der Waals surface area contributed by atoms with Crippen LogP contribution < -0.4 is 5.32 Å². The summed E-state index contributed by atoms with van der Waals surface area (Å²) in [7, 11) is 0. The molecule has 0 radical (unpaired) electrons. The molecule has 2 aromatic carbocycles. The van der Waals surface area contributed by atoms with Crippen LogP contribution in [0.15, 0.2) is 60.7 Å². The Morgan fingerprint density at radius 2 is 1.55 bits per heavy atom. The van der Waals surface area contributed by atoms with Gasteiger partial charge in [-0.15, -0.1) is 0 Å². The van der Waals surface area contributed by atoms with Gasteiger partial charge in [-0.25, -0.2) is 0 Å². The number of hydrogen-bond acceptors (Lipinski definition) is 2. The smallest absolute Gasteiger partial charge is 0.0685 e. The van der Waals surface area contributed by atoms with Crippen LogP contribution in [0.5, 0.6) is 0 Å². The van der Waals surface area contributed by atoms with Crippen molar-refractivity contribution in [2.24, 2.45) is 0 Å². The van der Waals surface area contributed by atoms with Crippen molar-refractivity contribution in [1.82, 2.24) is 5.32 Å². The van der Waals surface area contributed by atoms with Crippen LogP contribution in [0.1, 0.15) is 36.8 Å². The van der Waals surface area contributed by atoms with Crippen LogP contribution in [0.2, 0.25) is 0 Å². The molecule has 22 heavy (non-hydrogen) atoms. The quantitative estimate of drug-likeness (QED) is 0.901. The van der Waals surface area contributed by atoms with Gasteiger partial charge >= 0.3 is 0 Å². The molecule has 0 bridgehead atoms. The fourth-order valence-corrected chi connectivity index (χ4v) is 3.43. The van der Waals surface area contributed by atoms with Crippen LogP contribution in [0, 0.1) is 0 Å². The fraction of sp³-hybridized carbons (Fsp3) is 0.400. The van der Waals surface area contributed by atoms with Crippen molar-refractivity contribution < 1.29 is 4.74 Å². The van der Waals surface area contributed by atoms with Gasteiger partial charge in [-0.3, -0.25) is 0 Å². The Kier molecular flexibility index (Phi) is 5.25. The van der Waals surface area contributed by atoms with Crippen molar-refractivity contribution in [2.45, 2.75) is 37.8 Å². The van der Waals surface area contributed by atoms with Gasteiger partial charge < -0.3 is 10.1 Å². The predicted molar refractivity (Wildman–Crippen MR) is 91.2 cm³/mol. The number of ether oxygens (including phenoxy) is 1. The van der Waals surface area contributed by atoms with Crippen LogP contribution in [0.3, 0.4) is 0 Å². The van der Waals surface area contributed by atoms with E-state index in [1.54, 1.807) is 0 Å². The van der Waals surface area contributed by atoms with E-state index < -0.39 is 0 Å². The molecule has 1 aliphatic heterocycles. The molecule has 0 aromatic heterocycles. The number of nitrogens with one attached hydrogen (secondary N) is 1. The lowest BCUT2D eigenvalue weighted by Crippen LogP contribution is -2.41. The lowest BCUT2D eigenvalue weighted by Gasteiger charge is -2.35. The molecule has 1 fully saturated rings. The summed E-state index contributed by atoms with van der Waals surface area (Å²) in [6.07, 6.45) is 2.56. The molecule has 2 aromatic rings. The first-order valence-electron chi connectivity index (χ1n) is 8.33. The Hall–Kier alpha value is -1.64. The van der Waals surface area contributed by atoms with Gasteiger partial charge in [0.1, 0.15) is 0 Å². The van der Waals surface area contributed by atoms with E-state index in [1.165, 1.54) is 17.5 Å². The van der Waals surface area contributed by atoms with Crippen LogP contribution in [0.4, 0.5) is 0 Å². The van der Waals surface area contributed by atoms with Gasteiger partial charge in [0.25, 0.3) is 0 Å². The molecule has 3 rings (SSSR count). The van der Waals surface area contributed by atoms with Crippen molar-refractivity contribution in [2.75, 3.05) is 13.2 Å². The summed E-state index contributed by atoms with van der Waals surface area (Å²) in [5.74, 6) is 0.324. The SMILES string of the molecule is CCNC1CCC(C(c2ccccc2)c2ccccc2)OC1. The number of likely N-dealkylation sites (N-methyl/N-ethyl adjacent to an activating group) is 1. The van der Waals surface area contributed by atoms with E-state index in [4.69, 9.17) is 4.74 Å². The highest BCUT2D eigenvalue weighted by Crippen LogP contribution is 2.34. The molecule has 1 aliphatic rings.